The minimum atomic E-state index is 0.109. The lowest BCUT2D eigenvalue weighted by Gasteiger charge is -2.13. The van der Waals surface area contributed by atoms with Gasteiger partial charge >= 0.3 is 0 Å². The number of hydrogen-bond donors (Lipinski definition) is 1. The fourth-order valence-corrected chi connectivity index (χ4v) is 1.77. The van der Waals surface area contributed by atoms with Crippen molar-refractivity contribution in [3.63, 3.8) is 0 Å². The van der Waals surface area contributed by atoms with E-state index in [1.165, 1.54) is 5.56 Å². The highest BCUT2D eigenvalue weighted by molar-refractivity contribution is 5.27. The van der Waals surface area contributed by atoms with Crippen LogP contribution in [0.4, 0.5) is 0 Å². The van der Waals surface area contributed by atoms with Gasteiger partial charge in [-0.1, -0.05) is 26.0 Å². The lowest BCUT2D eigenvalue weighted by molar-refractivity contribution is -0.0128. The van der Waals surface area contributed by atoms with Gasteiger partial charge in [-0.15, -0.1) is 0 Å². The average Bonchev–Trinajstić information content (AvgIpc) is 2.48. The average molecular weight is 295 g/mol. The molecule has 1 unspecified atom stereocenters. The van der Waals surface area contributed by atoms with Crippen molar-refractivity contribution in [2.75, 3.05) is 26.4 Å². The zero-order valence-corrected chi connectivity index (χ0v) is 13.7. The number of ether oxygens (including phenoxy) is 3. The Morgan fingerprint density at radius 3 is 2.38 bits per heavy atom. The molecule has 0 aliphatic rings. The van der Waals surface area contributed by atoms with Crippen molar-refractivity contribution in [1.82, 2.24) is 5.32 Å². The van der Waals surface area contributed by atoms with Gasteiger partial charge in [0.15, 0.2) is 0 Å². The SMILES string of the molecule is CCOCC(C)OCCOc1ccc(CNC(C)C)cc1. The smallest absolute Gasteiger partial charge is 0.119 e. The number of benzene rings is 1. The van der Waals surface area contributed by atoms with Crippen LogP contribution in [0.25, 0.3) is 0 Å². The normalized spacial score (nSPS) is 12.6. The molecule has 0 fully saturated rings. The van der Waals surface area contributed by atoms with Gasteiger partial charge in [0.2, 0.25) is 0 Å². The third kappa shape index (κ3) is 8.71. The Bertz CT molecular complexity index is 365. The van der Waals surface area contributed by atoms with Gasteiger partial charge in [0.25, 0.3) is 0 Å². The maximum Gasteiger partial charge on any atom is 0.119 e. The van der Waals surface area contributed by atoms with E-state index < -0.39 is 0 Å². The molecule has 4 heteroatoms. The minimum Gasteiger partial charge on any atom is -0.491 e. The van der Waals surface area contributed by atoms with Gasteiger partial charge in [-0.2, -0.15) is 0 Å². The first-order valence-electron chi connectivity index (χ1n) is 7.76. The van der Waals surface area contributed by atoms with Crippen molar-refractivity contribution in [2.45, 2.75) is 46.4 Å². The Hall–Kier alpha value is -1.10. The van der Waals surface area contributed by atoms with Gasteiger partial charge in [-0.05, 0) is 31.5 Å². The highest BCUT2D eigenvalue weighted by Crippen LogP contribution is 2.12. The molecule has 4 nitrogen and oxygen atoms in total. The first-order valence-corrected chi connectivity index (χ1v) is 7.76. The summed E-state index contributed by atoms with van der Waals surface area (Å²) in [6.07, 6.45) is 0.109. The van der Waals surface area contributed by atoms with Gasteiger partial charge in [-0.25, -0.2) is 0 Å². The summed E-state index contributed by atoms with van der Waals surface area (Å²) in [7, 11) is 0. The van der Waals surface area contributed by atoms with E-state index >= 15 is 0 Å². The molecule has 21 heavy (non-hydrogen) atoms. The van der Waals surface area contributed by atoms with Crippen LogP contribution in [0.3, 0.4) is 0 Å². The molecule has 1 rings (SSSR count). The molecule has 0 aromatic heterocycles. The quantitative estimate of drug-likeness (QED) is 0.637. The second-order valence-electron chi connectivity index (χ2n) is 5.37. The largest absolute Gasteiger partial charge is 0.491 e. The maximum atomic E-state index is 5.66. The van der Waals surface area contributed by atoms with Gasteiger partial charge in [-0.3, -0.25) is 0 Å². The summed E-state index contributed by atoms with van der Waals surface area (Å²) in [5.74, 6) is 0.879. The molecule has 0 aliphatic carbocycles. The van der Waals surface area contributed by atoms with E-state index in [1.54, 1.807) is 0 Å². The van der Waals surface area contributed by atoms with E-state index in [1.807, 2.05) is 26.0 Å². The molecule has 0 aliphatic heterocycles. The number of rotatable bonds is 11. The van der Waals surface area contributed by atoms with Crippen LogP contribution in [0.15, 0.2) is 24.3 Å². The first kappa shape index (κ1) is 18.0. The second kappa shape index (κ2) is 10.6. The molecule has 0 heterocycles. The van der Waals surface area contributed by atoms with Gasteiger partial charge in [0.1, 0.15) is 12.4 Å². The number of hydrogen-bond acceptors (Lipinski definition) is 4. The Morgan fingerprint density at radius 2 is 1.76 bits per heavy atom. The summed E-state index contributed by atoms with van der Waals surface area (Å²) < 4.78 is 16.5. The third-order valence-electron chi connectivity index (χ3n) is 2.95. The van der Waals surface area contributed by atoms with Gasteiger partial charge < -0.3 is 19.5 Å². The Labute approximate surface area is 128 Å². The second-order valence-corrected chi connectivity index (χ2v) is 5.37. The van der Waals surface area contributed by atoms with Crippen molar-refractivity contribution in [1.29, 1.82) is 0 Å². The Balaban J connectivity index is 2.17. The molecule has 0 saturated heterocycles. The van der Waals surface area contributed by atoms with Crippen molar-refractivity contribution in [3.8, 4) is 5.75 Å². The van der Waals surface area contributed by atoms with Crippen molar-refractivity contribution in [3.05, 3.63) is 29.8 Å². The van der Waals surface area contributed by atoms with Crippen LogP contribution in [0.2, 0.25) is 0 Å². The summed E-state index contributed by atoms with van der Waals surface area (Å²) >= 11 is 0. The molecule has 0 amide bonds. The predicted octanol–water partition coefficient (Wildman–Crippen LogP) is 3.01. The Morgan fingerprint density at radius 1 is 1.05 bits per heavy atom. The third-order valence-corrected chi connectivity index (χ3v) is 2.95. The van der Waals surface area contributed by atoms with Crippen molar-refractivity contribution < 1.29 is 14.2 Å². The summed E-state index contributed by atoms with van der Waals surface area (Å²) in [6.45, 7) is 11.6. The standard InChI is InChI=1S/C17H29NO3/c1-5-19-13-15(4)20-10-11-21-17-8-6-16(7-9-17)12-18-14(2)3/h6-9,14-15,18H,5,10-13H2,1-4H3. The fourth-order valence-electron chi connectivity index (χ4n) is 1.77. The zero-order chi connectivity index (χ0) is 15.5. The minimum absolute atomic E-state index is 0.109. The molecule has 120 valence electrons. The van der Waals surface area contributed by atoms with E-state index in [-0.39, 0.29) is 6.10 Å². The maximum absolute atomic E-state index is 5.66. The van der Waals surface area contributed by atoms with Crippen LogP contribution in [-0.2, 0) is 16.0 Å². The van der Waals surface area contributed by atoms with E-state index in [2.05, 4.69) is 31.3 Å². The molecular weight excluding hydrogens is 266 g/mol. The van der Waals surface area contributed by atoms with E-state index in [9.17, 15) is 0 Å². The van der Waals surface area contributed by atoms with Crippen LogP contribution >= 0.6 is 0 Å². The van der Waals surface area contributed by atoms with Gasteiger partial charge in [0, 0.05) is 19.2 Å². The molecule has 0 bridgehead atoms. The number of nitrogens with one attached hydrogen (secondary N) is 1. The summed E-state index contributed by atoms with van der Waals surface area (Å²) in [5, 5.41) is 3.39. The van der Waals surface area contributed by atoms with E-state index in [0.29, 0.717) is 25.9 Å². The molecular formula is C17H29NO3. The van der Waals surface area contributed by atoms with Crippen LogP contribution < -0.4 is 10.1 Å². The molecule has 0 saturated carbocycles. The highest BCUT2D eigenvalue weighted by Gasteiger charge is 2.02. The molecule has 0 radical (unpaired) electrons. The van der Waals surface area contributed by atoms with Crippen molar-refractivity contribution >= 4 is 0 Å². The molecule has 0 spiro atoms. The van der Waals surface area contributed by atoms with Crippen LogP contribution in [0.1, 0.15) is 33.3 Å². The monoisotopic (exact) mass is 295 g/mol. The van der Waals surface area contributed by atoms with Crippen LogP contribution in [0, 0.1) is 0 Å². The van der Waals surface area contributed by atoms with E-state index in [0.717, 1.165) is 18.9 Å². The predicted molar refractivity (Wildman–Crippen MR) is 85.8 cm³/mol. The molecule has 1 N–H and O–H groups in total. The Kier molecular flexibility index (Phi) is 9.06. The lowest BCUT2D eigenvalue weighted by Crippen LogP contribution is -2.21. The topological polar surface area (TPSA) is 39.7 Å². The molecule has 1 atom stereocenters. The van der Waals surface area contributed by atoms with Crippen LogP contribution in [-0.4, -0.2) is 38.6 Å². The highest BCUT2D eigenvalue weighted by atomic mass is 16.5. The van der Waals surface area contributed by atoms with E-state index in [4.69, 9.17) is 14.2 Å². The lowest BCUT2D eigenvalue weighted by atomic mass is 10.2. The van der Waals surface area contributed by atoms with Crippen molar-refractivity contribution in [2.24, 2.45) is 0 Å². The van der Waals surface area contributed by atoms with Crippen LogP contribution in [0.5, 0.6) is 5.75 Å². The molecule has 1 aromatic rings. The fraction of sp³-hybridized carbons (Fsp3) is 0.647. The summed E-state index contributed by atoms with van der Waals surface area (Å²) in [6, 6.07) is 8.67. The molecule has 1 aromatic carbocycles. The summed E-state index contributed by atoms with van der Waals surface area (Å²) in [4.78, 5) is 0. The first-order chi connectivity index (χ1) is 10.1. The van der Waals surface area contributed by atoms with Gasteiger partial charge in [0.05, 0.1) is 19.3 Å². The zero-order valence-electron chi connectivity index (χ0n) is 13.7. The summed E-state index contributed by atoms with van der Waals surface area (Å²) in [5.41, 5.74) is 1.26.